The van der Waals surface area contributed by atoms with E-state index in [4.69, 9.17) is 0 Å². The van der Waals surface area contributed by atoms with Gasteiger partial charge in [0.15, 0.2) is 0 Å². The summed E-state index contributed by atoms with van der Waals surface area (Å²) in [6.45, 7) is 2.61. The number of nitrogens with one attached hydrogen (secondary N) is 2. The smallest absolute Gasteiger partial charge is 0.224 e. The van der Waals surface area contributed by atoms with Gasteiger partial charge in [-0.1, -0.05) is 24.6 Å². The zero-order valence-electron chi connectivity index (χ0n) is 14.7. The summed E-state index contributed by atoms with van der Waals surface area (Å²) in [6, 6.07) is 8.22. The van der Waals surface area contributed by atoms with E-state index in [-0.39, 0.29) is 17.9 Å². The molecule has 1 aromatic heterocycles. The normalized spacial score (nSPS) is 15.6. The molecule has 2 aromatic rings. The summed E-state index contributed by atoms with van der Waals surface area (Å²) in [6.07, 6.45) is 5.47. The molecule has 1 fully saturated rings. The van der Waals surface area contributed by atoms with Crippen LogP contribution >= 0.6 is 11.3 Å². The topological polar surface area (TPSA) is 58.2 Å². The average Bonchev–Trinajstić information content (AvgIpc) is 2.94. The van der Waals surface area contributed by atoms with Crippen LogP contribution in [0, 0.1) is 5.92 Å². The van der Waals surface area contributed by atoms with E-state index in [1.165, 1.54) is 29.3 Å². The summed E-state index contributed by atoms with van der Waals surface area (Å²) >= 11 is 1.68. The SMILES string of the molecule is CC(CCNC(=O)CC1CCC1)NC(=O)Cc1csc2ccccc12. The van der Waals surface area contributed by atoms with E-state index < -0.39 is 0 Å². The van der Waals surface area contributed by atoms with Gasteiger partial charge in [-0.15, -0.1) is 11.3 Å². The van der Waals surface area contributed by atoms with Gasteiger partial charge in [-0.2, -0.15) is 0 Å². The van der Waals surface area contributed by atoms with Crippen molar-refractivity contribution in [1.29, 1.82) is 0 Å². The average molecular weight is 359 g/mol. The van der Waals surface area contributed by atoms with Crippen molar-refractivity contribution in [2.24, 2.45) is 5.92 Å². The molecule has 1 heterocycles. The van der Waals surface area contributed by atoms with Crippen LogP contribution < -0.4 is 10.6 Å². The van der Waals surface area contributed by atoms with Gasteiger partial charge < -0.3 is 10.6 Å². The number of fused-ring (bicyclic) bond motifs is 1. The van der Waals surface area contributed by atoms with Crippen LogP contribution in [-0.2, 0) is 16.0 Å². The standard InChI is InChI=1S/C20H26N2O2S/c1-14(9-10-21-19(23)11-15-5-4-6-15)22-20(24)12-16-13-25-18-8-3-2-7-17(16)18/h2-3,7-8,13-15H,4-6,9-12H2,1H3,(H,21,23)(H,22,24). The molecule has 5 heteroatoms. The second kappa shape index (κ2) is 8.48. The van der Waals surface area contributed by atoms with Gasteiger partial charge in [-0.25, -0.2) is 0 Å². The van der Waals surface area contributed by atoms with Crippen molar-refractivity contribution in [3.63, 3.8) is 0 Å². The number of amides is 2. The first kappa shape index (κ1) is 17.9. The largest absolute Gasteiger partial charge is 0.356 e. The van der Waals surface area contributed by atoms with Crippen LogP contribution in [0.5, 0.6) is 0 Å². The third-order valence-corrected chi connectivity index (χ3v) is 5.93. The van der Waals surface area contributed by atoms with Crippen LogP contribution in [0.3, 0.4) is 0 Å². The molecule has 0 bridgehead atoms. The Bertz CT molecular complexity index is 736. The van der Waals surface area contributed by atoms with Crippen LogP contribution in [0.2, 0.25) is 0 Å². The minimum atomic E-state index is 0.0387. The summed E-state index contributed by atoms with van der Waals surface area (Å²) in [7, 11) is 0. The third kappa shape index (κ3) is 5.05. The van der Waals surface area contributed by atoms with E-state index in [1.807, 2.05) is 19.1 Å². The molecule has 1 unspecified atom stereocenters. The number of benzene rings is 1. The summed E-state index contributed by atoms with van der Waals surface area (Å²) in [5.41, 5.74) is 1.08. The molecule has 3 rings (SSSR count). The van der Waals surface area contributed by atoms with Gasteiger partial charge >= 0.3 is 0 Å². The molecule has 1 saturated carbocycles. The Morgan fingerprint density at radius 3 is 2.80 bits per heavy atom. The highest BCUT2D eigenvalue weighted by atomic mass is 32.1. The molecule has 1 aromatic carbocycles. The molecule has 134 valence electrons. The number of thiophene rings is 1. The maximum Gasteiger partial charge on any atom is 0.224 e. The van der Waals surface area contributed by atoms with Crippen molar-refractivity contribution in [2.45, 2.75) is 51.5 Å². The maximum atomic E-state index is 12.3. The fourth-order valence-electron chi connectivity index (χ4n) is 3.20. The minimum absolute atomic E-state index is 0.0387. The van der Waals surface area contributed by atoms with Gasteiger partial charge in [0.25, 0.3) is 0 Å². The molecule has 25 heavy (non-hydrogen) atoms. The lowest BCUT2D eigenvalue weighted by Crippen LogP contribution is -2.37. The summed E-state index contributed by atoms with van der Waals surface area (Å²) in [4.78, 5) is 24.0. The summed E-state index contributed by atoms with van der Waals surface area (Å²) < 4.78 is 1.22. The molecule has 1 atom stereocenters. The Morgan fingerprint density at radius 1 is 1.24 bits per heavy atom. The van der Waals surface area contributed by atoms with Crippen LogP contribution in [0.1, 0.15) is 44.6 Å². The number of carbonyl (C=O) groups excluding carboxylic acids is 2. The first-order valence-electron chi connectivity index (χ1n) is 9.13. The second-order valence-corrected chi connectivity index (χ2v) is 7.95. The molecule has 0 saturated heterocycles. The van der Waals surface area contributed by atoms with E-state index in [9.17, 15) is 9.59 Å². The Hall–Kier alpha value is -1.88. The van der Waals surface area contributed by atoms with Crippen molar-refractivity contribution < 1.29 is 9.59 Å². The molecule has 4 nitrogen and oxygen atoms in total. The number of rotatable bonds is 8. The van der Waals surface area contributed by atoms with E-state index in [1.54, 1.807) is 11.3 Å². The number of carbonyl (C=O) groups is 2. The molecular weight excluding hydrogens is 332 g/mol. The highest BCUT2D eigenvalue weighted by Gasteiger charge is 2.20. The van der Waals surface area contributed by atoms with Crippen LogP contribution in [0.15, 0.2) is 29.6 Å². The van der Waals surface area contributed by atoms with Crippen molar-refractivity contribution in [2.75, 3.05) is 6.54 Å². The van der Waals surface area contributed by atoms with E-state index in [0.717, 1.165) is 12.0 Å². The van der Waals surface area contributed by atoms with E-state index >= 15 is 0 Å². The molecule has 0 spiro atoms. The number of hydrogen-bond donors (Lipinski definition) is 2. The van der Waals surface area contributed by atoms with E-state index in [2.05, 4.69) is 28.1 Å². The number of hydrogen-bond acceptors (Lipinski definition) is 3. The van der Waals surface area contributed by atoms with Crippen molar-refractivity contribution >= 4 is 33.2 Å². The lowest BCUT2D eigenvalue weighted by atomic mass is 9.83. The maximum absolute atomic E-state index is 12.3. The molecule has 0 radical (unpaired) electrons. The van der Waals surface area contributed by atoms with Crippen LogP contribution in [-0.4, -0.2) is 24.4 Å². The molecule has 1 aliphatic carbocycles. The lowest BCUT2D eigenvalue weighted by Gasteiger charge is -2.24. The Morgan fingerprint density at radius 2 is 2.04 bits per heavy atom. The molecule has 2 amide bonds. The predicted octanol–water partition coefficient (Wildman–Crippen LogP) is 3.65. The Kier molecular flexibility index (Phi) is 6.08. The van der Waals surface area contributed by atoms with Crippen LogP contribution in [0.4, 0.5) is 0 Å². The molecule has 1 aliphatic rings. The first-order chi connectivity index (χ1) is 12.1. The van der Waals surface area contributed by atoms with Crippen LogP contribution in [0.25, 0.3) is 10.1 Å². The van der Waals surface area contributed by atoms with Crippen molar-refractivity contribution in [3.05, 3.63) is 35.2 Å². The van der Waals surface area contributed by atoms with Crippen molar-refractivity contribution in [3.8, 4) is 0 Å². The predicted molar refractivity (Wildman–Crippen MR) is 103 cm³/mol. The second-order valence-electron chi connectivity index (χ2n) is 7.04. The van der Waals surface area contributed by atoms with Gasteiger partial charge in [-0.3, -0.25) is 9.59 Å². The fourth-order valence-corrected chi connectivity index (χ4v) is 4.16. The van der Waals surface area contributed by atoms with Gasteiger partial charge in [0.1, 0.15) is 0 Å². The van der Waals surface area contributed by atoms with Crippen molar-refractivity contribution in [1.82, 2.24) is 10.6 Å². The van der Waals surface area contributed by atoms with Gasteiger partial charge in [-0.05, 0) is 54.5 Å². The monoisotopic (exact) mass is 358 g/mol. The van der Waals surface area contributed by atoms with E-state index in [0.29, 0.717) is 25.3 Å². The molecule has 0 aliphatic heterocycles. The zero-order valence-corrected chi connectivity index (χ0v) is 15.5. The third-order valence-electron chi connectivity index (χ3n) is 4.92. The fraction of sp³-hybridized carbons (Fsp3) is 0.500. The minimum Gasteiger partial charge on any atom is -0.356 e. The highest BCUT2D eigenvalue weighted by Crippen LogP contribution is 2.29. The van der Waals surface area contributed by atoms with Gasteiger partial charge in [0.2, 0.25) is 11.8 Å². The highest BCUT2D eigenvalue weighted by molar-refractivity contribution is 7.17. The van der Waals surface area contributed by atoms with Gasteiger partial charge in [0.05, 0.1) is 6.42 Å². The molecular formula is C20H26N2O2S. The Labute approximate surface area is 153 Å². The van der Waals surface area contributed by atoms with Gasteiger partial charge in [0, 0.05) is 23.7 Å². The quantitative estimate of drug-likeness (QED) is 0.757. The summed E-state index contributed by atoms with van der Waals surface area (Å²) in [5.74, 6) is 0.780. The first-order valence-corrected chi connectivity index (χ1v) is 10.0. The summed E-state index contributed by atoms with van der Waals surface area (Å²) in [5, 5.41) is 9.23. The molecule has 2 N–H and O–H groups in total. The Balaban J connectivity index is 1.37. The zero-order chi connectivity index (χ0) is 17.6. The lowest BCUT2D eigenvalue weighted by molar-refractivity contribution is -0.122.